The first-order valence-corrected chi connectivity index (χ1v) is 7.03. The quantitative estimate of drug-likeness (QED) is 0.849. The van der Waals surface area contributed by atoms with Crippen LogP contribution in [0.15, 0.2) is 28.7 Å². The molecule has 1 amide bonds. The van der Waals surface area contributed by atoms with Gasteiger partial charge in [-0.2, -0.15) is 0 Å². The minimum Gasteiger partial charge on any atom is -0.338 e. The number of halogens is 2. The molecular formula is C14H16BrFN2O. The number of benzene rings is 1. The Labute approximate surface area is 120 Å². The second kappa shape index (κ2) is 6.30. The second-order valence-electron chi connectivity index (χ2n) is 4.69. The highest BCUT2D eigenvalue weighted by Gasteiger charge is 2.19. The van der Waals surface area contributed by atoms with Crippen molar-refractivity contribution < 1.29 is 9.18 Å². The number of carbonyl (C=O) groups is 1. The Balaban J connectivity index is 2.05. The van der Waals surface area contributed by atoms with Crippen LogP contribution in [0.25, 0.3) is 6.08 Å². The van der Waals surface area contributed by atoms with Gasteiger partial charge < -0.3 is 10.6 Å². The van der Waals surface area contributed by atoms with Crippen LogP contribution in [0.5, 0.6) is 0 Å². The lowest BCUT2D eigenvalue weighted by atomic mass is 10.1. The zero-order valence-corrected chi connectivity index (χ0v) is 12.1. The summed E-state index contributed by atoms with van der Waals surface area (Å²) in [5, 5.41) is 0. The normalized spacial score (nSPS) is 19.9. The standard InChI is InChI=1S/C14H16BrFN2O/c15-11-4-5-13(16)10(8-11)3-6-14(19)18-7-1-2-12(17)9-18/h3-6,8,12H,1-2,7,9,17H2. The molecule has 0 aliphatic carbocycles. The van der Waals surface area contributed by atoms with Gasteiger partial charge in [0.25, 0.3) is 0 Å². The van der Waals surface area contributed by atoms with Crippen LogP contribution < -0.4 is 5.73 Å². The van der Waals surface area contributed by atoms with Crippen molar-refractivity contribution in [2.75, 3.05) is 13.1 Å². The van der Waals surface area contributed by atoms with Crippen molar-refractivity contribution in [3.63, 3.8) is 0 Å². The topological polar surface area (TPSA) is 46.3 Å². The Hall–Kier alpha value is -1.20. The molecule has 1 aromatic rings. The van der Waals surface area contributed by atoms with Gasteiger partial charge in [0.15, 0.2) is 0 Å². The lowest BCUT2D eigenvalue weighted by molar-refractivity contribution is -0.127. The summed E-state index contributed by atoms with van der Waals surface area (Å²) in [7, 11) is 0. The fourth-order valence-corrected chi connectivity index (χ4v) is 2.50. The third-order valence-electron chi connectivity index (χ3n) is 3.13. The highest BCUT2D eigenvalue weighted by molar-refractivity contribution is 9.10. The number of amides is 1. The van der Waals surface area contributed by atoms with E-state index >= 15 is 0 Å². The Kier molecular flexibility index (Phi) is 4.71. The Bertz CT molecular complexity index is 504. The van der Waals surface area contributed by atoms with E-state index in [1.165, 1.54) is 18.2 Å². The monoisotopic (exact) mass is 326 g/mol. The van der Waals surface area contributed by atoms with Crippen molar-refractivity contribution in [1.29, 1.82) is 0 Å². The summed E-state index contributed by atoms with van der Waals surface area (Å²) in [4.78, 5) is 13.7. The number of hydrogen-bond donors (Lipinski definition) is 1. The molecule has 2 rings (SSSR count). The molecule has 1 fully saturated rings. The summed E-state index contributed by atoms with van der Waals surface area (Å²) >= 11 is 3.28. The molecule has 0 aromatic heterocycles. The summed E-state index contributed by atoms with van der Waals surface area (Å²) in [6.07, 6.45) is 4.78. The van der Waals surface area contributed by atoms with E-state index < -0.39 is 0 Å². The maximum Gasteiger partial charge on any atom is 0.246 e. The van der Waals surface area contributed by atoms with E-state index in [-0.39, 0.29) is 17.8 Å². The van der Waals surface area contributed by atoms with Crippen molar-refractivity contribution in [3.05, 3.63) is 40.1 Å². The molecular weight excluding hydrogens is 311 g/mol. The molecule has 0 radical (unpaired) electrons. The van der Waals surface area contributed by atoms with Crippen molar-refractivity contribution >= 4 is 27.9 Å². The summed E-state index contributed by atoms with van der Waals surface area (Å²) in [5.41, 5.74) is 6.22. The largest absolute Gasteiger partial charge is 0.338 e. The maximum absolute atomic E-state index is 13.5. The fourth-order valence-electron chi connectivity index (χ4n) is 2.12. The molecule has 1 unspecified atom stereocenters. The fraction of sp³-hybridized carbons (Fsp3) is 0.357. The summed E-state index contributed by atoms with van der Waals surface area (Å²) in [6.45, 7) is 1.29. The Morgan fingerprint density at radius 3 is 3.05 bits per heavy atom. The molecule has 0 bridgehead atoms. The van der Waals surface area contributed by atoms with Gasteiger partial charge in [-0.1, -0.05) is 15.9 Å². The number of nitrogens with two attached hydrogens (primary N) is 1. The Morgan fingerprint density at radius 2 is 2.32 bits per heavy atom. The van der Waals surface area contributed by atoms with Crippen molar-refractivity contribution in [3.8, 4) is 0 Å². The Morgan fingerprint density at radius 1 is 1.53 bits per heavy atom. The van der Waals surface area contributed by atoms with Crippen LogP contribution in [-0.4, -0.2) is 29.9 Å². The molecule has 102 valence electrons. The van der Waals surface area contributed by atoms with Crippen molar-refractivity contribution in [2.24, 2.45) is 5.73 Å². The van der Waals surface area contributed by atoms with Crippen LogP contribution in [0.4, 0.5) is 4.39 Å². The van der Waals surface area contributed by atoms with Gasteiger partial charge in [0.05, 0.1) is 0 Å². The van der Waals surface area contributed by atoms with Crippen LogP contribution in [0.3, 0.4) is 0 Å². The molecule has 1 saturated heterocycles. The molecule has 1 heterocycles. The zero-order chi connectivity index (χ0) is 13.8. The van der Waals surface area contributed by atoms with E-state index in [0.717, 1.165) is 23.9 Å². The minimum absolute atomic E-state index is 0.0497. The van der Waals surface area contributed by atoms with E-state index in [2.05, 4.69) is 15.9 Å². The van der Waals surface area contributed by atoms with E-state index in [9.17, 15) is 9.18 Å². The number of hydrogen-bond acceptors (Lipinski definition) is 2. The summed E-state index contributed by atoms with van der Waals surface area (Å²) in [6, 6.07) is 4.68. The van der Waals surface area contributed by atoms with Gasteiger partial charge >= 0.3 is 0 Å². The molecule has 0 spiro atoms. The highest BCUT2D eigenvalue weighted by atomic mass is 79.9. The first-order valence-electron chi connectivity index (χ1n) is 6.24. The molecule has 1 aromatic carbocycles. The molecule has 3 nitrogen and oxygen atoms in total. The van der Waals surface area contributed by atoms with Crippen LogP contribution in [-0.2, 0) is 4.79 Å². The van der Waals surface area contributed by atoms with E-state index in [4.69, 9.17) is 5.73 Å². The van der Waals surface area contributed by atoms with Gasteiger partial charge in [-0.15, -0.1) is 0 Å². The van der Waals surface area contributed by atoms with Gasteiger partial charge in [-0.3, -0.25) is 4.79 Å². The van der Waals surface area contributed by atoms with Crippen LogP contribution in [0.2, 0.25) is 0 Å². The van der Waals surface area contributed by atoms with Gasteiger partial charge in [-0.25, -0.2) is 4.39 Å². The van der Waals surface area contributed by atoms with E-state index in [0.29, 0.717) is 12.1 Å². The smallest absolute Gasteiger partial charge is 0.246 e. The zero-order valence-electron chi connectivity index (χ0n) is 10.5. The van der Waals surface area contributed by atoms with Gasteiger partial charge in [-0.05, 0) is 37.1 Å². The third kappa shape index (κ3) is 3.88. The highest BCUT2D eigenvalue weighted by Crippen LogP contribution is 2.17. The number of carbonyl (C=O) groups excluding carboxylic acids is 1. The van der Waals surface area contributed by atoms with Gasteiger partial charge in [0.2, 0.25) is 5.91 Å². The number of likely N-dealkylation sites (tertiary alicyclic amines) is 1. The van der Waals surface area contributed by atoms with Crippen LogP contribution in [0, 0.1) is 5.82 Å². The molecule has 19 heavy (non-hydrogen) atoms. The number of nitrogens with zero attached hydrogens (tertiary/aromatic N) is 1. The van der Waals surface area contributed by atoms with Crippen LogP contribution in [0.1, 0.15) is 18.4 Å². The minimum atomic E-state index is -0.345. The summed E-state index contributed by atoms with van der Waals surface area (Å²) < 4.78 is 14.3. The summed E-state index contributed by atoms with van der Waals surface area (Å²) in [5.74, 6) is -0.461. The van der Waals surface area contributed by atoms with E-state index in [1.54, 1.807) is 17.0 Å². The molecule has 1 atom stereocenters. The van der Waals surface area contributed by atoms with Gasteiger partial charge in [0, 0.05) is 35.2 Å². The maximum atomic E-state index is 13.5. The van der Waals surface area contributed by atoms with Gasteiger partial charge in [0.1, 0.15) is 5.82 Å². The van der Waals surface area contributed by atoms with Crippen molar-refractivity contribution in [1.82, 2.24) is 4.90 Å². The predicted molar refractivity (Wildman–Crippen MR) is 76.9 cm³/mol. The number of piperidine rings is 1. The lowest BCUT2D eigenvalue weighted by Crippen LogP contribution is -2.45. The SMILES string of the molecule is NC1CCCN(C(=O)C=Cc2cc(Br)ccc2F)C1. The van der Waals surface area contributed by atoms with Crippen molar-refractivity contribution in [2.45, 2.75) is 18.9 Å². The lowest BCUT2D eigenvalue weighted by Gasteiger charge is -2.29. The molecule has 5 heteroatoms. The van der Waals surface area contributed by atoms with E-state index in [1.807, 2.05) is 0 Å². The average molecular weight is 327 g/mol. The third-order valence-corrected chi connectivity index (χ3v) is 3.63. The first-order chi connectivity index (χ1) is 9.06. The van der Waals surface area contributed by atoms with Crippen LogP contribution >= 0.6 is 15.9 Å². The number of rotatable bonds is 2. The molecule has 0 saturated carbocycles. The first kappa shape index (κ1) is 14.2. The predicted octanol–water partition coefficient (Wildman–Crippen LogP) is 2.55. The molecule has 2 N–H and O–H groups in total. The molecule has 1 aliphatic heterocycles. The average Bonchev–Trinajstić information content (AvgIpc) is 2.39. The molecule has 1 aliphatic rings. The second-order valence-corrected chi connectivity index (χ2v) is 5.60.